The molecule has 0 bridgehead atoms. The van der Waals surface area contributed by atoms with Gasteiger partial charge < -0.3 is 19.7 Å². The molecule has 3 heterocycles. The Morgan fingerprint density at radius 2 is 2.10 bits per heavy atom. The zero-order valence-corrected chi connectivity index (χ0v) is 16.5. The topological polar surface area (TPSA) is 128 Å². The van der Waals surface area contributed by atoms with E-state index in [9.17, 15) is 14.9 Å². The number of fused-ring (bicyclic) bond motifs is 1. The van der Waals surface area contributed by atoms with Gasteiger partial charge in [-0.05, 0) is 61.7 Å². The number of anilines is 1. The van der Waals surface area contributed by atoms with Crippen molar-refractivity contribution in [1.82, 2.24) is 15.0 Å². The van der Waals surface area contributed by atoms with Crippen LogP contribution in [0.25, 0.3) is 22.6 Å². The number of furan rings is 1. The van der Waals surface area contributed by atoms with Crippen molar-refractivity contribution >= 4 is 22.6 Å². The standard InChI is InChI=1S/C22H19N5O3/c1-12-15(13(2)24-22(29)16(12)11-23)6-8-20(28)25-14-5-7-17-18(10-14)27-21(26-17)19-4-3-9-30-19/h3-5,7,9-10H,6,8H2,1-2H3,(H,24,29)(H,25,28)(H,26,27). The number of aryl methyl sites for hydroxylation is 1. The third kappa shape index (κ3) is 3.61. The predicted octanol–water partition coefficient (Wildman–Crippen LogP) is 3.57. The van der Waals surface area contributed by atoms with E-state index in [-0.39, 0.29) is 17.9 Å². The fourth-order valence-corrected chi connectivity index (χ4v) is 3.50. The lowest BCUT2D eigenvalue weighted by Gasteiger charge is -2.11. The Kier molecular flexibility index (Phi) is 4.94. The fourth-order valence-electron chi connectivity index (χ4n) is 3.50. The Morgan fingerprint density at radius 1 is 1.27 bits per heavy atom. The van der Waals surface area contributed by atoms with Gasteiger partial charge in [-0.1, -0.05) is 0 Å². The van der Waals surface area contributed by atoms with Gasteiger partial charge in [0.05, 0.1) is 17.3 Å². The number of hydrogen-bond donors (Lipinski definition) is 3. The molecular formula is C22H19N5O3. The van der Waals surface area contributed by atoms with Gasteiger partial charge in [0, 0.05) is 17.8 Å². The van der Waals surface area contributed by atoms with Gasteiger partial charge in [-0.2, -0.15) is 5.26 Å². The van der Waals surface area contributed by atoms with E-state index in [1.54, 1.807) is 32.2 Å². The Labute approximate surface area is 171 Å². The summed E-state index contributed by atoms with van der Waals surface area (Å²) in [6.07, 6.45) is 2.22. The molecule has 0 saturated carbocycles. The number of nitriles is 1. The van der Waals surface area contributed by atoms with Gasteiger partial charge in [0.25, 0.3) is 5.56 Å². The Morgan fingerprint density at radius 3 is 2.83 bits per heavy atom. The molecule has 1 amide bonds. The lowest BCUT2D eigenvalue weighted by Crippen LogP contribution is -2.18. The average molecular weight is 401 g/mol. The van der Waals surface area contributed by atoms with Gasteiger partial charge in [0.15, 0.2) is 11.6 Å². The van der Waals surface area contributed by atoms with Crippen molar-refractivity contribution < 1.29 is 9.21 Å². The Balaban J connectivity index is 1.48. The molecule has 30 heavy (non-hydrogen) atoms. The number of rotatable bonds is 5. The van der Waals surface area contributed by atoms with Crippen LogP contribution in [0.15, 0.2) is 45.8 Å². The molecule has 0 atom stereocenters. The van der Waals surface area contributed by atoms with Crippen molar-refractivity contribution in [1.29, 1.82) is 5.26 Å². The molecule has 0 fully saturated rings. The summed E-state index contributed by atoms with van der Waals surface area (Å²) in [5, 5.41) is 12.1. The number of amides is 1. The maximum atomic E-state index is 12.5. The average Bonchev–Trinajstić information content (AvgIpc) is 3.37. The molecule has 1 aromatic carbocycles. The molecule has 4 rings (SSSR count). The van der Waals surface area contributed by atoms with Gasteiger partial charge in [0.2, 0.25) is 5.91 Å². The van der Waals surface area contributed by atoms with Crippen LogP contribution in [0.4, 0.5) is 5.69 Å². The molecule has 0 aliphatic heterocycles. The van der Waals surface area contributed by atoms with Crippen LogP contribution in [0.5, 0.6) is 0 Å². The first-order valence-corrected chi connectivity index (χ1v) is 9.42. The molecule has 0 radical (unpaired) electrons. The first-order valence-electron chi connectivity index (χ1n) is 9.42. The van der Waals surface area contributed by atoms with Gasteiger partial charge in [0.1, 0.15) is 11.6 Å². The number of carbonyl (C=O) groups is 1. The van der Waals surface area contributed by atoms with Crippen LogP contribution in [0.2, 0.25) is 0 Å². The summed E-state index contributed by atoms with van der Waals surface area (Å²) in [6.45, 7) is 3.50. The summed E-state index contributed by atoms with van der Waals surface area (Å²) in [4.78, 5) is 34.6. The zero-order chi connectivity index (χ0) is 21.3. The minimum atomic E-state index is -0.400. The third-order valence-electron chi connectivity index (χ3n) is 5.04. The highest BCUT2D eigenvalue weighted by atomic mass is 16.3. The highest BCUT2D eigenvalue weighted by Gasteiger charge is 2.14. The molecule has 150 valence electrons. The SMILES string of the molecule is Cc1[nH]c(=O)c(C#N)c(C)c1CCC(=O)Nc1ccc2nc(-c3ccco3)[nH]c2c1. The molecule has 0 unspecified atom stereocenters. The van der Waals surface area contributed by atoms with Gasteiger partial charge in [-0.3, -0.25) is 9.59 Å². The smallest absolute Gasteiger partial charge is 0.266 e. The van der Waals surface area contributed by atoms with Crippen molar-refractivity contribution in [2.45, 2.75) is 26.7 Å². The number of nitrogens with one attached hydrogen (secondary N) is 3. The second-order valence-electron chi connectivity index (χ2n) is 7.01. The number of imidazole rings is 1. The molecule has 3 aromatic heterocycles. The quantitative estimate of drug-likeness (QED) is 0.471. The van der Waals surface area contributed by atoms with E-state index in [2.05, 4.69) is 20.3 Å². The lowest BCUT2D eigenvalue weighted by atomic mass is 9.99. The van der Waals surface area contributed by atoms with Crippen LogP contribution in [-0.4, -0.2) is 20.9 Å². The summed E-state index contributed by atoms with van der Waals surface area (Å²) in [7, 11) is 0. The van der Waals surface area contributed by atoms with Crippen molar-refractivity contribution in [3.05, 3.63) is 69.3 Å². The summed E-state index contributed by atoms with van der Waals surface area (Å²) in [5.41, 5.74) is 4.00. The Hall–Kier alpha value is -4.12. The van der Waals surface area contributed by atoms with Crippen LogP contribution in [-0.2, 0) is 11.2 Å². The van der Waals surface area contributed by atoms with Crippen LogP contribution >= 0.6 is 0 Å². The number of benzene rings is 1. The summed E-state index contributed by atoms with van der Waals surface area (Å²) in [6, 6.07) is 11.0. The number of carbonyl (C=O) groups excluding carboxylic acids is 1. The largest absolute Gasteiger partial charge is 0.461 e. The molecule has 8 heteroatoms. The molecule has 3 N–H and O–H groups in total. The van der Waals surface area contributed by atoms with E-state index in [1.165, 1.54) is 0 Å². The number of aromatic nitrogens is 3. The maximum Gasteiger partial charge on any atom is 0.266 e. The molecule has 4 aromatic rings. The first kappa shape index (κ1) is 19.2. The van der Waals surface area contributed by atoms with Crippen LogP contribution in [0.1, 0.15) is 28.8 Å². The second kappa shape index (κ2) is 7.72. The predicted molar refractivity (Wildman–Crippen MR) is 112 cm³/mol. The maximum absolute atomic E-state index is 12.5. The lowest BCUT2D eigenvalue weighted by molar-refractivity contribution is -0.116. The first-order chi connectivity index (χ1) is 14.5. The van der Waals surface area contributed by atoms with E-state index < -0.39 is 5.56 Å². The number of H-pyrrole nitrogens is 2. The molecule has 0 aliphatic carbocycles. The molecule has 8 nitrogen and oxygen atoms in total. The second-order valence-corrected chi connectivity index (χ2v) is 7.01. The molecule has 0 saturated heterocycles. The van der Waals surface area contributed by atoms with E-state index >= 15 is 0 Å². The minimum absolute atomic E-state index is 0.0908. The van der Waals surface area contributed by atoms with Crippen molar-refractivity contribution in [2.75, 3.05) is 5.32 Å². The highest BCUT2D eigenvalue weighted by Crippen LogP contribution is 2.23. The molecular weight excluding hydrogens is 382 g/mol. The number of aromatic amines is 2. The number of hydrogen-bond acceptors (Lipinski definition) is 5. The fraction of sp³-hybridized carbons (Fsp3) is 0.182. The molecule has 0 spiro atoms. The van der Waals surface area contributed by atoms with Crippen molar-refractivity contribution in [3.8, 4) is 17.7 Å². The van der Waals surface area contributed by atoms with E-state index in [0.717, 1.165) is 16.6 Å². The van der Waals surface area contributed by atoms with Crippen molar-refractivity contribution in [3.63, 3.8) is 0 Å². The van der Waals surface area contributed by atoms with Gasteiger partial charge in [-0.15, -0.1) is 0 Å². The number of nitrogens with zero attached hydrogens (tertiary/aromatic N) is 2. The van der Waals surface area contributed by atoms with Crippen LogP contribution in [0.3, 0.4) is 0 Å². The summed E-state index contributed by atoms with van der Waals surface area (Å²) < 4.78 is 5.36. The zero-order valence-electron chi connectivity index (χ0n) is 16.5. The Bertz CT molecular complexity index is 1340. The van der Waals surface area contributed by atoms with Gasteiger partial charge in [-0.25, -0.2) is 4.98 Å². The van der Waals surface area contributed by atoms with E-state index in [0.29, 0.717) is 35.0 Å². The van der Waals surface area contributed by atoms with Gasteiger partial charge >= 0.3 is 0 Å². The summed E-state index contributed by atoms with van der Waals surface area (Å²) in [5.74, 6) is 1.10. The summed E-state index contributed by atoms with van der Waals surface area (Å²) >= 11 is 0. The van der Waals surface area contributed by atoms with Crippen molar-refractivity contribution in [2.24, 2.45) is 0 Å². The van der Waals surface area contributed by atoms with Crippen LogP contribution < -0.4 is 10.9 Å². The van der Waals surface area contributed by atoms with E-state index in [4.69, 9.17) is 4.42 Å². The normalized spacial score (nSPS) is 10.8. The highest BCUT2D eigenvalue weighted by molar-refractivity contribution is 5.93. The van der Waals surface area contributed by atoms with E-state index in [1.807, 2.05) is 24.3 Å². The monoisotopic (exact) mass is 401 g/mol. The molecule has 0 aliphatic rings. The number of pyridine rings is 1. The van der Waals surface area contributed by atoms with Crippen LogP contribution in [0, 0.1) is 25.2 Å². The minimum Gasteiger partial charge on any atom is -0.461 e. The third-order valence-corrected chi connectivity index (χ3v) is 5.04.